The first kappa shape index (κ1) is 8.36. The second-order valence-electron chi connectivity index (χ2n) is 1.26. The Morgan fingerprint density at radius 1 is 1.67 bits per heavy atom. The minimum absolute atomic E-state index is 0. The van der Waals surface area contributed by atoms with Gasteiger partial charge in [-0.25, -0.2) is 5.10 Å². The van der Waals surface area contributed by atoms with Gasteiger partial charge in [0.25, 0.3) is 5.56 Å². The van der Waals surface area contributed by atoms with Crippen molar-refractivity contribution in [3.63, 3.8) is 0 Å². The Morgan fingerprint density at radius 3 is 2.67 bits per heavy atom. The highest BCUT2D eigenvalue weighted by atomic mass is 79.9. The van der Waals surface area contributed by atoms with E-state index in [9.17, 15) is 4.79 Å². The van der Waals surface area contributed by atoms with Gasteiger partial charge in [-0.05, 0) is 15.9 Å². The molecule has 0 saturated heterocycles. The number of nitrogens with one attached hydrogen (secondary N) is 1. The molecule has 0 amide bonds. The van der Waals surface area contributed by atoms with Crippen LogP contribution in [0.1, 0.15) is 7.43 Å². The molecule has 1 N–H and O–H groups in total. The molecule has 9 heavy (non-hydrogen) atoms. The molecule has 0 spiro atoms. The summed E-state index contributed by atoms with van der Waals surface area (Å²) in [6.45, 7) is 0. The van der Waals surface area contributed by atoms with E-state index in [1.54, 1.807) is 0 Å². The molecule has 0 aromatic carbocycles. The zero-order valence-corrected chi connectivity index (χ0v) is 5.47. The third kappa shape index (κ3) is 2.41. The standard InChI is InChI=1S/C4H3BrN2O.CH4/c5-3-1-4(8)7-6-2-3;/h1-2H,(H,7,8);1H4. The molecule has 0 saturated carbocycles. The van der Waals surface area contributed by atoms with Gasteiger partial charge in [0.05, 0.1) is 6.20 Å². The number of hydrogen-bond donors (Lipinski definition) is 1. The Morgan fingerprint density at radius 2 is 2.33 bits per heavy atom. The van der Waals surface area contributed by atoms with Gasteiger partial charge in [-0.2, -0.15) is 5.10 Å². The minimum Gasteiger partial charge on any atom is -0.268 e. The summed E-state index contributed by atoms with van der Waals surface area (Å²) in [6.07, 6.45) is 1.52. The number of halogens is 1. The first-order chi connectivity index (χ1) is 3.79. The van der Waals surface area contributed by atoms with Gasteiger partial charge in [-0.1, -0.05) is 7.43 Å². The normalized spacial score (nSPS) is 8.11. The smallest absolute Gasteiger partial charge is 0.265 e. The van der Waals surface area contributed by atoms with Crippen molar-refractivity contribution in [2.75, 3.05) is 0 Å². The first-order valence-corrected chi connectivity index (χ1v) is 2.78. The molecule has 0 unspecified atom stereocenters. The number of H-pyrrole nitrogens is 1. The molecule has 1 rings (SSSR count). The van der Waals surface area contributed by atoms with E-state index in [1.807, 2.05) is 0 Å². The number of rotatable bonds is 0. The number of aromatic nitrogens is 2. The summed E-state index contributed by atoms with van der Waals surface area (Å²) in [7, 11) is 0. The van der Waals surface area contributed by atoms with E-state index in [2.05, 4.69) is 26.1 Å². The maximum atomic E-state index is 10.3. The summed E-state index contributed by atoms with van der Waals surface area (Å²) in [6, 6.07) is 1.41. The first-order valence-electron chi connectivity index (χ1n) is 1.99. The van der Waals surface area contributed by atoms with Crippen molar-refractivity contribution in [2.45, 2.75) is 7.43 Å². The van der Waals surface area contributed by atoms with Crippen molar-refractivity contribution in [1.29, 1.82) is 0 Å². The zero-order chi connectivity index (χ0) is 5.98. The monoisotopic (exact) mass is 190 g/mol. The minimum atomic E-state index is -0.195. The molecule has 1 heterocycles. The fourth-order valence-electron chi connectivity index (χ4n) is 0.352. The average Bonchev–Trinajstić information content (AvgIpc) is 1.64. The van der Waals surface area contributed by atoms with Crippen LogP contribution in [0.3, 0.4) is 0 Å². The Hall–Kier alpha value is -0.640. The van der Waals surface area contributed by atoms with Gasteiger partial charge >= 0.3 is 0 Å². The molecule has 0 aliphatic carbocycles. The molecular weight excluding hydrogens is 184 g/mol. The van der Waals surface area contributed by atoms with Gasteiger partial charge in [-0.3, -0.25) is 4.79 Å². The molecule has 0 bridgehead atoms. The molecular formula is C5H7BrN2O. The predicted octanol–water partition coefficient (Wildman–Crippen LogP) is 1.17. The van der Waals surface area contributed by atoms with E-state index >= 15 is 0 Å². The van der Waals surface area contributed by atoms with Gasteiger partial charge < -0.3 is 0 Å². The highest BCUT2D eigenvalue weighted by molar-refractivity contribution is 9.10. The maximum absolute atomic E-state index is 10.3. The summed E-state index contributed by atoms with van der Waals surface area (Å²) >= 11 is 3.08. The van der Waals surface area contributed by atoms with Gasteiger partial charge in [-0.15, -0.1) is 0 Å². The molecule has 1 aromatic rings. The van der Waals surface area contributed by atoms with Crippen molar-refractivity contribution < 1.29 is 0 Å². The van der Waals surface area contributed by atoms with Crippen LogP contribution in [0.4, 0.5) is 0 Å². The lowest BCUT2D eigenvalue weighted by Gasteiger charge is -1.80. The summed E-state index contributed by atoms with van der Waals surface area (Å²) in [5.41, 5.74) is -0.195. The van der Waals surface area contributed by atoms with Gasteiger partial charge in [0.15, 0.2) is 0 Å². The average molecular weight is 191 g/mol. The second kappa shape index (κ2) is 3.40. The lowest BCUT2D eigenvalue weighted by atomic mass is 10.6. The fraction of sp³-hybridized carbons (Fsp3) is 0.200. The van der Waals surface area contributed by atoms with Gasteiger partial charge in [0.1, 0.15) is 0 Å². The molecule has 3 nitrogen and oxygen atoms in total. The second-order valence-corrected chi connectivity index (χ2v) is 2.18. The Bertz CT molecular complexity index is 232. The zero-order valence-electron chi connectivity index (χ0n) is 3.89. The van der Waals surface area contributed by atoms with Crippen LogP contribution in [-0.4, -0.2) is 10.2 Å². The van der Waals surface area contributed by atoms with Crippen LogP contribution < -0.4 is 5.56 Å². The molecule has 0 fully saturated rings. The highest BCUT2D eigenvalue weighted by Crippen LogP contribution is 1.99. The molecule has 0 radical (unpaired) electrons. The van der Waals surface area contributed by atoms with Crippen molar-refractivity contribution >= 4 is 15.9 Å². The third-order valence-electron chi connectivity index (χ3n) is 0.632. The predicted molar refractivity (Wildman–Crippen MR) is 39.3 cm³/mol. The maximum Gasteiger partial charge on any atom is 0.265 e. The van der Waals surface area contributed by atoms with Crippen LogP contribution in [0.25, 0.3) is 0 Å². The van der Waals surface area contributed by atoms with Crippen LogP contribution in [0.15, 0.2) is 21.5 Å². The van der Waals surface area contributed by atoms with E-state index < -0.39 is 0 Å². The van der Waals surface area contributed by atoms with Crippen molar-refractivity contribution in [3.8, 4) is 0 Å². The number of aromatic amines is 1. The lowest BCUT2D eigenvalue weighted by Crippen LogP contribution is -2.03. The molecule has 4 heteroatoms. The van der Waals surface area contributed by atoms with Crippen molar-refractivity contribution in [1.82, 2.24) is 10.2 Å². The van der Waals surface area contributed by atoms with Crippen LogP contribution in [0.2, 0.25) is 0 Å². The Balaban J connectivity index is 0.000000640. The largest absolute Gasteiger partial charge is 0.268 e. The van der Waals surface area contributed by atoms with Gasteiger partial charge in [0, 0.05) is 10.5 Å². The molecule has 1 aromatic heterocycles. The summed E-state index contributed by atoms with van der Waals surface area (Å²) < 4.78 is 0.696. The van der Waals surface area contributed by atoms with Crippen LogP contribution in [0, 0.1) is 0 Å². The molecule has 50 valence electrons. The van der Waals surface area contributed by atoms with Crippen molar-refractivity contribution in [2.24, 2.45) is 0 Å². The quantitative estimate of drug-likeness (QED) is 0.668. The van der Waals surface area contributed by atoms with E-state index in [0.29, 0.717) is 4.47 Å². The third-order valence-corrected chi connectivity index (χ3v) is 1.07. The topological polar surface area (TPSA) is 45.8 Å². The van der Waals surface area contributed by atoms with Crippen molar-refractivity contribution in [3.05, 3.63) is 27.1 Å². The van der Waals surface area contributed by atoms with Gasteiger partial charge in [0.2, 0.25) is 0 Å². The molecule has 0 aliphatic rings. The SMILES string of the molecule is C.O=c1cc(Br)cn[nH]1. The fourth-order valence-corrected chi connectivity index (χ4v) is 0.663. The number of nitrogens with zero attached hydrogens (tertiary/aromatic N) is 1. The lowest BCUT2D eigenvalue weighted by molar-refractivity contribution is 0.981. The van der Waals surface area contributed by atoms with Crippen LogP contribution in [-0.2, 0) is 0 Å². The summed E-state index contributed by atoms with van der Waals surface area (Å²) in [5.74, 6) is 0. The van der Waals surface area contributed by atoms with E-state index in [-0.39, 0.29) is 13.0 Å². The molecule has 0 atom stereocenters. The highest BCUT2D eigenvalue weighted by Gasteiger charge is 1.83. The summed E-state index contributed by atoms with van der Waals surface area (Å²) in [5, 5.41) is 5.74. The summed E-state index contributed by atoms with van der Waals surface area (Å²) in [4.78, 5) is 10.3. The number of hydrogen-bond acceptors (Lipinski definition) is 2. The Kier molecular flexibility index (Phi) is 3.16. The van der Waals surface area contributed by atoms with E-state index in [0.717, 1.165) is 0 Å². The van der Waals surface area contributed by atoms with E-state index in [1.165, 1.54) is 12.3 Å². The van der Waals surface area contributed by atoms with Crippen LogP contribution in [0.5, 0.6) is 0 Å². The Labute approximate surface area is 61.2 Å². The molecule has 0 aliphatic heterocycles. The van der Waals surface area contributed by atoms with E-state index in [4.69, 9.17) is 0 Å². The van der Waals surface area contributed by atoms with Crippen LogP contribution >= 0.6 is 15.9 Å².